The van der Waals surface area contributed by atoms with Crippen LogP contribution in [0.1, 0.15) is 28.2 Å². The smallest absolute Gasteiger partial charge is 0.274 e. The zero-order valence-corrected chi connectivity index (χ0v) is 15.5. The lowest BCUT2D eigenvalue weighted by Gasteiger charge is -2.22. The lowest BCUT2D eigenvalue weighted by atomic mass is 10.1. The molecule has 0 aliphatic rings. The highest BCUT2D eigenvalue weighted by molar-refractivity contribution is 5.92. The summed E-state index contributed by atoms with van der Waals surface area (Å²) >= 11 is 0. The summed E-state index contributed by atoms with van der Waals surface area (Å²) in [6.45, 7) is 1.12. The minimum atomic E-state index is -0.233. The number of nitrogens with zero attached hydrogens (tertiary/aromatic N) is 3. The van der Waals surface area contributed by atoms with Crippen LogP contribution in [-0.2, 0) is 17.8 Å². The highest BCUT2D eigenvalue weighted by Gasteiger charge is 2.18. The van der Waals surface area contributed by atoms with Gasteiger partial charge in [-0.25, -0.2) is 4.98 Å². The summed E-state index contributed by atoms with van der Waals surface area (Å²) in [7, 11) is 0. The lowest BCUT2D eigenvalue weighted by molar-refractivity contribution is -0.121. The van der Waals surface area contributed by atoms with Crippen molar-refractivity contribution in [2.45, 2.75) is 19.4 Å². The Morgan fingerprint density at radius 3 is 2.61 bits per heavy atom. The molecule has 2 aromatic heterocycles. The highest BCUT2D eigenvalue weighted by Crippen LogP contribution is 2.06. The van der Waals surface area contributed by atoms with Gasteiger partial charge in [0.1, 0.15) is 11.5 Å². The molecule has 0 aliphatic carbocycles. The van der Waals surface area contributed by atoms with E-state index < -0.39 is 0 Å². The Morgan fingerprint density at radius 2 is 1.89 bits per heavy atom. The first-order valence-electron chi connectivity index (χ1n) is 9.10. The van der Waals surface area contributed by atoms with E-state index in [0.29, 0.717) is 31.8 Å². The number of nitrogens with one attached hydrogen (secondary N) is 1. The van der Waals surface area contributed by atoms with E-state index in [1.165, 1.54) is 18.6 Å². The van der Waals surface area contributed by atoms with Crippen LogP contribution in [0.3, 0.4) is 0 Å². The van der Waals surface area contributed by atoms with E-state index in [9.17, 15) is 9.59 Å². The molecule has 3 aromatic rings. The molecule has 0 spiro atoms. The Balaban J connectivity index is 1.58. The van der Waals surface area contributed by atoms with Crippen LogP contribution in [0.5, 0.6) is 0 Å². The van der Waals surface area contributed by atoms with Crippen LogP contribution >= 0.6 is 0 Å². The van der Waals surface area contributed by atoms with Crippen LogP contribution in [0.4, 0.5) is 0 Å². The van der Waals surface area contributed by atoms with Crippen molar-refractivity contribution in [2.75, 3.05) is 13.1 Å². The number of carbonyl (C=O) groups is 2. The number of amides is 2. The van der Waals surface area contributed by atoms with E-state index in [1.54, 1.807) is 23.3 Å². The first kappa shape index (κ1) is 19.3. The van der Waals surface area contributed by atoms with Crippen LogP contribution in [0.15, 0.2) is 71.7 Å². The molecule has 0 radical (unpaired) electrons. The van der Waals surface area contributed by atoms with Gasteiger partial charge in [0.2, 0.25) is 5.91 Å². The van der Waals surface area contributed by atoms with Gasteiger partial charge in [-0.1, -0.05) is 30.3 Å². The van der Waals surface area contributed by atoms with Gasteiger partial charge in [0.05, 0.1) is 19.0 Å². The Kier molecular flexibility index (Phi) is 6.89. The maximum Gasteiger partial charge on any atom is 0.274 e. The molecular weight excluding hydrogens is 356 g/mol. The summed E-state index contributed by atoms with van der Waals surface area (Å²) in [6, 6.07) is 13.5. The predicted octanol–water partition coefficient (Wildman–Crippen LogP) is 2.46. The van der Waals surface area contributed by atoms with Gasteiger partial charge >= 0.3 is 0 Å². The highest BCUT2D eigenvalue weighted by atomic mass is 16.3. The van der Waals surface area contributed by atoms with Crippen molar-refractivity contribution >= 4 is 11.8 Å². The number of carbonyl (C=O) groups excluding carboxylic acids is 2. The number of rotatable bonds is 9. The molecule has 0 aliphatic heterocycles. The molecule has 2 amide bonds. The molecule has 0 atom stereocenters. The lowest BCUT2D eigenvalue weighted by Crippen LogP contribution is -2.37. The Bertz CT molecular complexity index is 867. The minimum absolute atomic E-state index is 0.145. The summed E-state index contributed by atoms with van der Waals surface area (Å²) in [5.74, 6) is 0.306. The largest absolute Gasteiger partial charge is 0.467 e. The van der Waals surface area contributed by atoms with Crippen molar-refractivity contribution < 1.29 is 14.0 Å². The molecule has 2 heterocycles. The number of furan rings is 1. The van der Waals surface area contributed by atoms with Crippen LogP contribution in [-0.4, -0.2) is 39.8 Å². The van der Waals surface area contributed by atoms with Crippen LogP contribution in [0.2, 0.25) is 0 Å². The van der Waals surface area contributed by atoms with Gasteiger partial charge in [0.25, 0.3) is 5.91 Å². The third-order valence-corrected chi connectivity index (χ3v) is 4.23. The van der Waals surface area contributed by atoms with Crippen LogP contribution in [0.25, 0.3) is 0 Å². The SMILES string of the molecule is O=C(CCN(CCc1ccccc1)C(=O)c1cnccn1)NCc1ccco1. The van der Waals surface area contributed by atoms with Gasteiger partial charge in [-0.3, -0.25) is 14.6 Å². The quantitative estimate of drug-likeness (QED) is 0.618. The maximum atomic E-state index is 12.8. The average molecular weight is 378 g/mol. The third kappa shape index (κ3) is 5.77. The van der Waals surface area contributed by atoms with Gasteiger partial charge in [-0.15, -0.1) is 0 Å². The van der Waals surface area contributed by atoms with Crippen molar-refractivity contribution in [1.29, 1.82) is 0 Å². The Morgan fingerprint density at radius 1 is 1.04 bits per heavy atom. The second kappa shape index (κ2) is 10.0. The summed E-state index contributed by atoms with van der Waals surface area (Å²) < 4.78 is 5.20. The van der Waals surface area contributed by atoms with E-state index in [2.05, 4.69) is 15.3 Å². The van der Waals surface area contributed by atoms with Crippen molar-refractivity contribution in [3.05, 3.63) is 84.3 Å². The zero-order chi connectivity index (χ0) is 19.6. The summed E-state index contributed by atoms with van der Waals surface area (Å²) in [4.78, 5) is 34.6. The fraction of sp³-hybridized carbons (Fsp3) is 0.238. The zero-order valence-electron chi connectivity index (χ0n) is 15.5. The molecule has 0 saturated carbocycles. The molecule has 1 aromatic carbocycles. The molecule has 0 fully saturated rings. The summed E-state index contributed by atoms with van der Waals surface area (Å²) in [5, 5.41) is 2.79. The second-order valence-corrected chi connectivity index (χ2v) is 6.22. The number of hydrogen-bond donors (Lipinski definition) is 1. The number of aromatic nitrogens is 2. The first-order chi connectivity index (χ1) is 13.7. The van der Waals surface area contributed by atoms with E-state index in [4.69, 9.17) is 4.42 Å². The minimum Gasteiger partial charge on any atom is -0.467 e. The van der Waals surface area contributed by atoms with Gasteiger partial charge in [-0.2, -0.15) is 0 Å². The van der Waals surface area contributed by atoms with E-state index in [-0.39, 0.29) is 23.9 Å². The molecule has 144 valence electrons. The first-order valence-corrected chi connectivity index (χ1v) is 9.10. The molecule has 7 heteroatoms. The summed E-state index contributed by atoms with van der Waals surface area (Å²) in [6.07, 6.45) is 6.90. The molecular formula is C21H22N4O3. The van der Waals surface area contributed by atoms with Crippen LogP contribution < -0.4 is 5.32 Å². The van der Waals surface area contributed by atoms with E-state index >= 15 is 0 Å². The number of hydrogen-bond acceptors (Lipinski definition) is 5. The van der Waals surface area contributed by atoms with Gasteiger partial charge < -0.3 is 14.6 Å². The van der Waals surface area contributed by atoms with Crippen LogP contribution in [0, 0.1) is 0 Å². The predicted molar refractivity (Wildman–Crippen MR) is 103 cm³/mol. The normalized spacial score (nSPS) is 10.4. The average Bonchev–Trinajstić information content (AvgIpc) is 3.27. The standard InChI is InChI=1S/C21H22N4O3/c26-20(24-15-18-7-4-14-28-18)9-13-25(12-8-17-5-2-1-3-6-17)21(27)19-16-22-10-11-23-19/h1-7,10-11,14,16H,8-9,12-13,15H2,(H,24,26). The molecule has 0 saturated heterocycles. The fourth-order valence-corrected chi connectivity index (χ4v) is 2.72. The second-order valence-electron chi connectivity index (χ2n) is 6.22. The Labute approximate surface area is 163 Å². The van der Waals surface area contributed by atoms with Crippen molar-refractivity contribution in [2.24, 2.45) is 0 Å². The molecule has 28 heavy (non-hydrogen) atoms. The van der Waals surface area contributed by atoms with E-state index in [0.717, 1.165) is 5.56 Å². The van der Waals surface area contributed by atoms with Crippen molar-refractivity contribution in [3.63, 3.8) is 0 Å². The summed E-state index contributed by atoms with van der Waals surface area (Å²) in [5.41, 5.74) is 1.40. The molecule has 7 nitrogen and oxygen atoms in total. The van der Waals surface area contributed by atoms with Crippen molar-refractivity contribution in [1.82, 2.24) is 20.2 Å². The van der Waals surface area contributed by atoms with Gasteiger partial charge in [-0.05, 0) is 24.1 Å². The molecule has 1 N–H and O–H groups in total. The number of benzene rings is 1. The third-order valence-electron chi connectivity index (χ3n) is 4.23. The fourth-order valence-electron chi connectivity index (χ4n) is 2.72. The monoisotopic (exact) mass is 378 g/mol. The van der Waals surface area contributed by atoms with E-state index in [1.807, 2.05) is 30.3 Å². The molecule has 3 rings (SSSR count). The Hall–Kier alpha value is -3.48. The van der Waals surface area contributed by atoms with Gasteiger partial charge in [0.15, 0.2) is 0 Å². The molecule has 0 unspecified atom stereocenters. The van der Waals surface area contributed by atoms with Gasteiger partial charge in [0, 0.05) is 31.9 Å². The van der Waals surface area contributed by atoms with Crippen molar-refractivity contribution in [3.8, 4) is 0 Å². The topological polar surface area (TPSA) is 88.3 Å². The maximum absolute atomic E-state index is 12.8. The molecule has 0 bridgehead atoms.